The number of hydrogen-bond acceptors (Lipinski definition) is 2. The first kappa shape index (κ1) is 7.91. The van der Waals surface area contributed by atoms with E-state index in [9.17, 15) is 8.78 Å². The van der Waals surface area contributed by atoms with Crippen molar-refractivity contribution >= 4 is 0 Å². The van der Waals surface area contributed by atoms with Gasteiger partial charge in [-0.2, -0.15) is 0 Å². The van der Waals surface area contributed by atoms with Crippen LogP contribution in [-0.2, 0) is 0 Å². The third-order valence-electron chi connectivity index (χ3n) is 1.57. The molecule has 0 unspecified atom stereocenters. The van der Waals surface area contributed by atoms with Crippen molar-refractivity contribution in [2.24, 2.45) is 0 Å². The fourth-order valence-electron chi connectivity index (χ4n) is 0.986. The van der Waals surface area contributed by atoms with Gasteiger partial charge in [-0.1, -0.05) is 6.07 Å². The van der Waals surface area contributed by atoms with E-state index >= 15 is 0 Å². The van der Waals surface area contributed by atoms with Gasteiger partial charge in [-0.3, -0.25) is 0 Å². The Labute approximate surface area is 72.8 Å². The highest BCUT2D eigenvalue weighted by atomic mass is 19.2. The van der Waals surface area contributed by atoms with Crippen molar-refractivity contribution in [3.63, 3.8) is 0 Å². The van der Waals surface area contributed by atoms with Crippen molar-refractivity contribution in [2.45, 2.75) is 0 Å². The number of hydrogen-bond donors (Lipinski definition) is 0. The summed E-state index contributed by atoms with van der Waals surface area (Å²) in [6, 6.07) is 3.81. The Bertz CT molecular complexity index is 412. The molecular weight excluding hydrogens is 176 g/mol. The number of oxazole rings is 1. The van der Waals surface area contributed by atoms with Crippen LogP contribution in [-0.4, -0.2) is 4.98 Å². The standard InChI is InChI=1S/C9H4F2NO/c10-7-3-1-2-6(8(7)11)9-12-4-5-13-9/h1-3,5H. The highest BCUT2D eigenvalue weighted by molar-refractivity contribution is 5.53. The Kier molecular flexibility index (Phi) is 1.81. The van der Waals surface area contributed by atoms with E-state index in [1.165, 1.54) is 18.4 Å². The molecule has 0 saturated carbocycles. The van der Waals surface area contributed by atoms with Crippen molar-refractivity contribution in [3.05, 3.63) is 42.3 Å². The summed E-state index contributed by atoms with van der Waals surface area (Å²) < 4.78 is 30.6. The van der Waals surface area contributed by atoms with Gasteiger partial charge >= 0.3 is 0 Å². The second-order valence-corrected chi connectivity index (χ2v) is 2.38. The van der Waals surface area contributed by atoms with E-state index in [-0.39, 0.29) is 11.5 Å². The van der Waals surface area contributed by atoms with Crippen molar-refractivity contribution in [2.75, 3.05) is 0 Å². The fourth-order valence-corrected chi connectivity index (χ4v) is 0.986. The molecule has 0 atom stereocenters. The summed E-state index contributed by atoms with van der Waals surface area (Å²) in [5.74, 6) is -1.86. The summed E-state index contributed by atoms with van der Waals surface area (Å²) >= 11 is 0. The van der Waals surface area contributed by atoms with Crippen LogP contribution in [0.4, 0.5) is 8.78 Å². The van der Waals surface area contributed by atoms with E-state index in [1.54, 1.807) is 0 Å². The Morgan fingerprint density at radius 3 is 2.85 bits per heavy atom. The Morgan fingerprint density at radius 1 is 1.31 bits per heavy atom. The Balaban J connectivity index is 2.59. The molecule has 1 heterocycles. The molecule has 2 aromatic rings. The molecule has 4 heteroatoms. The maximum atomic E-state index is 13.1. The zero-order valence-corrected chi connectivity index (χ0v) is 6.42. The van der Waals surface area contributed by atoms with Crippen LogP contribution in [0.1, 0.15) is 0 Å². The second kappa shape index (κ2) is 2.97. The van der Waals surface area contributed by atoms with Gasteiger partial charge in [-0.05, 0) is 12.1 Å². The lowest BCUT2D eigenvalue weighted by atomic mass is 10.2. The summed E-state index contributed by atoms with van der Waals surface area (Å²) in [4.78, 5) is 3.59. The molecule has 65 valence electrons. The molecule has 0 aliphatic rings. The molecule has 0 aliphatic carbocycles. The topological polar surface area (TPSA) is 26.0 Å². The lowest BCUT2D eigenvalue weighted by Gasteiger charge is -1.97. The number of benzene rings is 1. The van der Waals surface area contributed by atoms with E-state index in [1.807, 2.05) is 0 Å². The molecule has 2 rings (SSSR count). The second-order valence-electron chi connectivity index (χ2n) is 2.38. The van der Waals surface area contributed by atoms with Crippen LogP contribution in [0.25, 0.3) is 11.5 Å². The Morgan fingerprint density at radius 2 is 2.15 bits per heavy atom. The van der Waals surface area contributed by atoms with Crippen LogP contribution in [0.15, 0.2) is 28.9 Å². The van der Waals surface area contributed by atoms with Crippen LogP contribution in [0, 0.1) is 17.8 Å². The smallest absolute Gasteiger partial charge is 0.229 e. The van der Waals surface area contributed by atoms with Crippen LogP contribution in [0.2, 0.25) is 0 Å². The van der Waals surface area contributed by atoms with Crippen molar-refractivity contribution in [1.29, 1.82) is 0 Å². The third kappa shape index (κ3) is 1.30. The monoisotopic (exact) mass is 180 g/mol. The molecule has 0 bridgehead atoms. The summed E-state index contributed by atoms with van der Waals surface area (Å²) in [6.07, 6.45) is 3.55. The first-order valence-corrected chi connectivity index (χ1v) is 3.55. The van der Waals surface area contributed by atoms with Crippen molar-refractivity contribution in [1.82, 2.24) is 4.98 Å². The van der Waals surface area contributed by atoms with E-state index in [0.29, 0.717) is 0 Å². The van der Waals surface area contributed by atoms with Gasteiger partial charge in [-0.25, -0.2) is 13.8 Å². The zero-order valence-electron chi connectivity index (χ0n) is 6.42. The lowest BCUT2D eigenvalue weighted by Crippen LogP contribution is -1.88. The van der Waals surface area contributed by atoms with Crippen LogP contribution in [0.3, 0.4) is 0 Å². The average Bonchev–Trinajstić information content (AvgIpc) is 2.62. The molecule has 13 heavy (non-hydrogen) atoms. The van der Waals surface area contributed by atoms with Gasteiger partial charge < -0.3 is 4.42 Å². The van der Waals surface area contributed by atoms with E-state index in [2.05, 4.69) is 11.2 Å². The average molecular weight is 180 g/mol. The largest absolute Gasteiger partial charge is 0.444 e. The van der Waals surface area contributed by atoms with Gasteiger partial charge in [0.1, 0.15) is 12.5 Å². The molecule has 1 aromatic carbocycles. The molecule has 0 fully saturated rings. The predicted octanol–water partition coefficient (Wildman–Crippen LogP) is 2.42. The molecule has 0 aliphatic heterocycles. The third-order valence-corrected chi connectivity index (χ3v) is 1.57. The van der Waals surface area contributed by atoms with Crippen molar-refractivity contribution < 1.29 is 13.2 Å². The SMILES string of the molecule is Fc1cccc(-c2n[c]co2)c1F. The van der Waals surface area contributed by atoms with E-state index in [0.717, 1.165) is 6.07 Å². The highest BCUT2D eigenvalue weighted by Crippen LogP contribution is 2.21. The summed E-state index contributed by atoms with van der Waals surface area (Å²) in [6.45, 7) is 0. The first-order valence-electron chi connectivity index (χ1n) is 3.55. The highest BCUT2D eigenvalue weighted by Gasteiger charge is 2.12. The number of halogens is 2. The van der Waals surface area contributed by atoms with Crippen molar-refractivity contribution in [3.8, 4) is 11.5 Å². The lowest BCUT2D eigenvalue weighted by molar-refractivity contribution is 0.502. The molecule has 0 saturated heterocycles. The Hall–Kier alpha value is -1.71. The first-order chi connectivity index (χ1) is 6.29. The van der Waals surface area contributed by atoms with Gasteiger partial charge in [-0.15, -0.1) is 0 Å². The normalized spacial score (nSPS) is 10.3. The quantitative estimate of drug-likeness (QED) is 0.673. The zero-order chi connectivity index (χ0) is 9.26. The molecular formula is C9H4F2NO. The van der Waals surface area contributed by atoms with Crippen LogP contribution in [0.5, 0.6) is 0 Å². The van der Waals surface area contributed by atoms with E-state index in [4.69, 9.17) is 4.42 Å². The minimum Gasteiger partial charge on any atom is -0.444 e. The molecule has 0 N–H and O–H groups in total. The van der Waals surface area contributed by atoms with Gasteiger partial charge in [0.2, 0.25) is 5.89 Å². The molecule has 1 radical (unpaired) electrons. The summed E-state index contributed by atoms with van der Waals surface area (Å²) in [5, 5.41) is 0. The number of nitrogens with zero attached hydrogens (tertiary/aromatic N) is 1. The molecule has 1 aromatic heterocycles. The fraction of sp³-hybridized carbons (Fsp3) is 0. The van der Waals surface area contributed by atoms with Gasteiger partial charge in [0, 0.05) is 0 Å². The number of rotatable bonds is 1. The molecule has 0 amide bonds. The predicted molar refractivity (Wildman–Crippen MR) is 40.7 cm³/mol. The van der Waals surface area contributed by atoms with Gasteiger partial charge in [0.05, 0.1) is 5.56 Å². The minimum absolute atomic E-state index is 0.00116. The van der Waals surface area contributed by atoms with Gasteiger partial charge in [0.15, 0.2) is 11.6 Å². The molecule has 0 spiro atoms. The summed E-state index contributed by atoms with van der Waals surface area (Å²) in [7, 11) is 0. The van der Waals surface area contributed by atoms with E-state index < -0.39 is 11.6 Å². The maximum absolute atomic E-state index is 13.1. The van der Waals surface area contributed by atoms with Crippen LogP contribution >= 0.6 is 0 Å². The summed E-state index contributed by atoms with van der Waals surface area (Å²) in [5.41, 5.74) is 0.00116. The maximum Gasteiger partial charge on any atom is 0.229 e. The molecule has 2 nitrogen and oxygen atoms in total. The number of aromatic nitrogens is 1. The van der Waals surface area contributed by atoms with Crippen LogP contribution < -0.4 is 0 Å². The van der Waals surface area contributed by atoms with Gasteiger partial charge in [0.25, 0.3) is 0 Å². The minimum atomic E-state index is -0.960.